The van der Waals surface area contributed by atoms with Crippen molar-refractivity contribution in [1.82, 2.24) is 16.2 Å². The van der Waals surface area contributed by atoms with E-state index < -0.39 is 11.8 Å². The lowest BCUT2D eigenvalue weighted by atomic mass is 10.1. The maximum absolute atomic E-state index is 12.5. The number of para-hydroxylation sites is 1. The summed E-state index contributed by atoms with van der Waals surface area (Å²) in [6.07, 6.45) is -0.101. The fourth-order valence-corrected chi connectivity index (χ4v) is 3.04. The van der Waals surface area contributed by atoms with E-state index in [-0.39, 0.29) is 17.1 Å². The van der Waals surface area contributed by atoms with Crippen LogP contribution in [-0.2, 0) is 0 Å². The number of carbonyl (C=O) groups is 3. The predicted molar refractivity (Wildman–Crippen MR) is 134 cm³/mol. The van der Waals surface area contributed by atoms with Gasteiger partial charge in [0, 0.05) is 16.8 Å². The number of carbonyl (C=O) groups excluding carboxylic acids is 3. The summed E-state index contributed by atoms with van der Waals surface area (Å²) in [7, 11) is 0. The van der Waals surface area contributed by atoms with Crippen molar-refractivity contribution in [1.29, 1.82) is 0 Å². The Labute approximate surface area is 202 Å². The van der Waals surface area contributed by atoms with E-state index in [2.05, 4.69) is 21.5 Å². The SMILES string of the molecule is CC(C)Oc1ccccc1C(=O)NC(=S)NNC(=O)c1ccc(NC(=O)c2ccccc2)cc1. The molecule has 9 heteroatoms. The molecule has 0 aliphatic heterocycles. The van der Waals surface area contributed by atoms with Crippen LogP contribution in [0.4, 0.5) is 5.69 Å². The van der Waals surface area contributed by atoms with Crippen LogP contribution in [0.2, 0.25) is 0 Å². The molecule has 0 radical (unpaired) electrons. The Balaban J connectivity index is 1.51. The summed E-state index contributed by atoms with van der Waals surface area (Å²) in [6.45, 7) is 3.72. The van der Waals surface area contributed by atoms with E-state index in [1.54, 1.807) is 72.8 Å². The molecule has 4 N–H and O–H groups in total. The molecule has 0 aliphatic carbocycles. The summed E-state index contributed by atoms with van der Waals surface area (Å²) >= 11 is 5.10. The molecule has 0 saturated heterocycles. The number of anilines is 1. The van der Waals surface area contributed by atoms with E-state index in [1.807, 2.05) is 19.9 Å². The van der Waals surface area contributed by atoms with Crippen LogP contribution in [0.3, 0.4) is 0 Å². The molecule has 0 saturated carbocycles. The largest absolute Gasteiger partial charge is 0.490 e. The van der Waals surface area contributed by atoms with Crippen molar-refractivity contribution in [2.24, 2.45) is 0 Å². The number of thiocarbonyl (C=S) groups is 1. The molecule has 174 valence electrons. The van der Waals surface area contributed by atoms with Gasteiger partial charge in [-0.05, 0) is 74.6 Å². The number of nitrogens with one attached hydrogen (secondary N) is 4. The first-order chi connectivity index (χ1) is 16.3. The van der Waals surface area contributed by atoms with Crippen molar-refractivity contribution in [3.8, 4) is 5.75 Å². The lowest BCUT2D eigenvalue weighted by Gasteiger charge is -2.15. The highest BCUT2D eigenvalue weighted by Crippen LogP contribution is 2.19. The second-order valence-corrected chi connectivity index (χ2v) is 7.83. The minimum atomic E-state index is -0.471. The molecule has 3 aromatic rings. The van der Waals surface area contributed by atoms with Gasteiger partial charge in [-0.15, -0.1) is 0 Å². The zero-order valence-electron chi connectivity index (χ0n) is 18.6. The van der Waals surface area contributed by atoms with E-state index in [9.17, 15) is 14.4 Å². The summed E-state index contributed by atoms with van der Waals surface area (Å²) in [4.78, 5) is 37.1. The van der Waals surface area contributed by atoms with Crippen LogP contribution in [0, 0.1) is 0 Å². The summed E-state index contributed by atoms with van der Waals surface area (Å²) < 4.78 is 5.64. The van der Waals surface area contributed by atoms with Crippen LogP contribution in [0.15, 0.2) is 78.9 Å². The van der Waals surface area contributed by atoms with Gasteiger partial charge in [0.25, 0.3) is 17.7 Å². The van der Waals surface area contributed by atoms with Gasteiger partial charge in [0.1, 0.15) is 5.75 Å². The fourth-order valence-electron chi connectivity index (χ4n) is 2.90. The van der Waals surface area contributed by atoms with Crippen molar-refractivity contribution < 1.29 is 19.1 Å². The van der Waals surface area contributed by atoms with E-state index in [0.717, 1.165) is 0 Å². The molecule has 8 nitrogen and oxygen atoms in total. The molecular weight excluding hydrogens is 452 g/mol. The highest BCUT2D eigenvalue weighted by Gasteiger charge is 2.15. The van der Waals surface area contributed by atoms with Crippen molar-refractivity contribution in [2.75, 3.05) is 5.32 Å². The number of amides is 3. The zero-order valence-corrected chi connectivity index (χ0v) is 19.4. The average Bonchev–Trinajstić information content (AvgIpc) is 2.83. The monoisotopic (exact) mass is 476 g/mol. The standard InChI is InChI=1S/C25H24N4O4S/c1-16(2)33-21-11-7-6-10-20(21)24(32)27-25(34)29-28-23(31)18-12-14-19(15-13-18)26-22(30)17-8-4-3-5-9-17/h3-16H,1-2H3,(H,26,30)(H,28,31)(H2,27,29,32,34). The topological polar surface area (TPSA) is 109 Å². The van der Waals surface area contributed by atoms with Gasteiger partial charge in [-0.1, -0.05) is 30.3 Å². The number of hydrogen-bond acceptors (Lipinski definition) is 5. The second-order valence-electron chi connectivity index (χ2n) is 7.42. The molecule has 3 rings (SSSR count). The van der Waals surface area contributed by atoms with Gasteiger partial charge in [-0.2, -0.15) is 0 Å². The predicted octanol–water partition coefficient (Wildman–Crippen LogP) is 3.68. The Morgan fingerprint density at radius 2 is 1.35 bits per heavy atom. The molecule has 0 atom stereocenters. The number of benzene rings is 3. The van der Waals surface area contributed by atoms with Gasteiger partial charge in [0.05, 0.1) is 11.7 Å². The third kappa shape index (κ3) is 6.88. The first-order valence-corrected chi connectivity index (χ1v) is 10.9. The highest BCUT2D eigenvalue weighted by molar-refractivity contribution is 7.80. The summed E-state index contributed by atoms with van der Waals surface area (Å²) in [5.41, 5.74) is 6.65. The molecule has 0 bridgehead atoms. The van der Waals surface area contributed by atoms with E-state index in [4.69, 9.17) is 17.0 Å². The Morgan fingerprint density at radius 1 is 0.735 bits per heavy atom. The molecule has 34 heavy (non-hydrogen) atoms. The van der Waals surface area contributed by atoms with Crippen LogP contribution in [0.25, 0.3) is 0 Å². The van der Waals surface area contributed by atoms with Crippen molar-refractivity contribution in [2.45, 2.75) is 20.0 Å². The number of hydrazine groups is 1. The van der Waals surface area contributed by atoms with Crippen LogP contribution >= 0.6 is 12.2 Å². The van der Waals surface area contributed by atoms with Crippen molar-refractivity contribution in [3.63, 3.8) is 0 Å². The van der Waals surface area contributed by atoms with Crippen LogP contribution in [0.5, 0.6) is 5.75 Å². The summed E-state index contributed by atoms with van der Waals surface area (Å²) in [5, 5.41) is 5.19. The molecule has 0 aliphatic rings. The second kappa shape index (κ2) is 11.6. The molecule has 0 heterocycles. The first-order valence-electron chi connectivity index (χ1n) is 10.5. The Morgan fingerprint density at radius 3 is 2.03 bits per heavy atom. The normalized spacial score (nSPS) is 10.2. The maximum Gasteiger partial charge on any atom is 0.269 e. The van der Waals surface area contributed by atoms with Gasteiger partial charge in [-0.25, -0.2) is 0 Å². The third-order valence-electron chi connectivity index (χ3n) is 4.45. The number of ether oxygens (including phenoxy) is 1. The summed E-state index contributed by atoms with van der Waals surface area (Å²) in [6, 6.07) is 21.9. The van der Waals surface area contributed by atoms with Crippen LogP contribution in [0.1, 0.15) is 44.9 Å². The Hall–Kier alpha value is -4.24. The number of hydrogen-bond donors (Lipinski definition) is 4. The Kier molecular flexibility index (Phi) is 8.31. The van der Waals surface area contributed by atoms with Crippen molar-refractivity contribution >= 4 is 40.7 Å². The van der Waals surface area contributed by atoms with E-state index in [0.29, 0.717) is 28.1 Å². The Bertz CT molecular complexity index is 1180. The third-order valence-corrected chi connectivity index (χ3v) is 4.66. The minimum absolute atomic E-state index is 0.0792. The minimum Gasteiger partial charge on any atom is -0.490 e. The van der Waals surface area contributed by atoms with E-state index in [1.165, 1.54) is 0 Å². The fraction of sp³-hybridized carbons (Fsp3) is 0.120. The molecule has 0 spiro atoms. The lowest BCUT2D eigenvalue weighted by Crippen LogP contribution is -2.48. The number of rotatable bonds is 6. The summed E-state index contributed by atoms with van der Waals surface area (Å²) in [5.74, 6) is -0.759. The van der Waals surface area contributed by atoms with E-state index >= 15 is 0 Å². The van der Waals surface area contributed by atoms with Gasteiger partial charge >= 0.3 is 0 Å². The van der Waals surface area contributed by atoms with Crippen LogP contribution in [-0.4, -0.2) is 28.9 Å². The van der Waals surface area contributed by atoms with Gasteiger partial charge in [0.15, 0.2) is 5.11 Å². The van der Waals surface area contributed by atoms with Gasteiger partial charge < -0.3 is 10.1 Å². The molecule has 0 unspecified atom stereocenters. The van der Waals surface area contributed by atoms with Gasteiger partial charge in [0.2, 0.25) is 0 Å². The molecular formula is C25H24N4O4S. The molecule has 3 aromatic carbocycles. The quantitative estimate of drug-likeness (QED) is 0.319. The zero-order chi connectivity index (χ0) is 24.5. The highest BCUT2D eigenvalue weighted by atomic mass is 32.1. The smallest absolute Gasteiger partial charge is 0.269 e. The maximum atomic E-state index is 12.5. The van der Waals surface area contributed by atoms with Crippen molar-refractivity contribution in [3.05, 3.63) is 95.6 Å². The molecule has 0 fully saturated rings. The molecule has 3 amide bonds. The first kappa shape index (κ1) is 24.4. The lowest BCUT2D eigenvalue weighted by molar-refractivity contribution is 0.0933. The molecule has 0 aromatic heterocycles. The average molecular weight is 477 g/mol. The van der Waals surface area contributed by atoms with Gasteiger partial charge in [-0.3, -0.25) is 30.6 Å². The van der Waals surface area contributed by atoms with Crippen LogP contribution < -0.4 is 26.2 Å².